The third-order valence-corrected chi connectivity index (χ3v) is 7.04. The van der Waals surface area contributed by atoms with Crippen molar-refractivity contribution in [3.63, 3.8) is 0 Å². The summed E-state index contributed by atoms with van der Waals surface area (Å²) in [5.74, 6) is 0. The molecule has 0 bridgehead atoms. The van der Waals surface area contributed by atoms with Crippen LogP contribution < -0.4 is 21.3 Å². The monoisotopic (exact) mass is 393 g/mol. The SMILES string of the molecule is CN1c2ccccc2B(c2ccccc2)c2cc3ccc4cccc5ccc(c21)c3c45. The van der Waals surface area contributed by atoms with Gasteiger partial charge in [-0.2, -0.15) is 0 Å². The summed E-state index contributed by atoms with van der Waals surface area (Å²) >= 11 is 0. The smallest absolute Gasteiger partial charge is 0.246 e. The van der Waals surface area contributed by atoms with Crippen molar-refractivity contribution in [2.75, 3.05) is 11.9 Å². The average Bonchev–Trinajstić information content (AvgIpc) is 2.83. The van der Waals surface area contributed by atoms with Gasteiger partial charge in [0.25, 0.3) is 0 Å². The van der Waals surface area contributed by atoms with E-state index in [1.165, 1.54) is 60.1 Å². The fourth-order valence-corrected chi connectivity index (χ4v) is 5.74. The normalized spacial score (nSPS) is 13.2. The van der Waals surface area contributed by atoms with Gasteiger partial charge in [-0.15, -0.1) is 0 Å². The van der Waals surface area contributed by atoms with Gasteiger partial charge in [-0.3, -0.25) is 0 Å². The highest BCUT2D eigenvalue weighted by molar-refractivity contribution is 6.98. The van der Waals surface area contributed by atoms with Gasteiger partial charge in [-0.05, 0) is 43.9 Å². The first-order valence-electron chi connectivity index (χ1n) is 10.9. The first-order valence-corrected chi connectivity index (χ1v) is 10.9. The lowest BCUT2D eigenvalue weighted by Gasteiger charge is -2.36. The van der Waals surface area contributed by atoms with E-state index in [9.17, 15) is 0 Å². The summed E-state index contributed by atoms with van der Waals surface area (Å²) in [6.07, 6.45) is 0. The molecule has 6 aromatic carbocycles. The largest absolute Gasteiger partial charge is 0.345 e. The number of para-hydroxylation sites is 1. The van der Waals surface area contributed by atoms with Crippen molar-refractivity contribution in [3.05, 3.63) is 103 Å². The maximum atomic E-state index is 2.44. The van der Waals surface area contributed by atoms with Gasteiger partial charge in [0.05, 0.1) is 0 Å². The van der Waals surface area contributed by atoms with Crippen LogP contribution in [0.3, 0.4) is 0 Å². The Morgan fingerprint density at radius 2 is 1.29 bits per heavy atom. The van der Waals surface area contributed by atoms with Crippen molar-refractivity contribution in [1.82, 2.24) is 0 Å². The molecular weight excluding hydrogens is 373 g/mol. The summed E-state index contributed by atoms with van der Waals surface area (Å²) in [7, 11) is 2.22. The van der Waals surface area contributed by atoms with Gasteiger partial charge in [-0.1, -0.05) is 103 Å². The minimum Gasteiger partial charge on any atom is -0.345 e. The summed E-state index contributed by atoms with van der Waals surface area (Å²) in [4.78, 5) is 2.40. The molecule has 0 aliphatic carbocycles. The van der Waals surface area contributed by atoms with Crippen molar-refractivity contribution in [2.45, 2.75) is 0 Å². The Balaban J connectivity index is 1.66. The van der Waals surface area contributed by atoms with E-state index in [1.807, 2.05) is 0 Å². The Bertz CT molecular complexity index is 1590. The van der Waals surface area contributed by atoms with Crippen LogP contribution in [-0.2, 0) is 0 Å². The molecule has 7 rings (SSSR count). The van der Waals surface area contributed by atoms with E-state index in [2.05, 4.69) is 115 Å². The number of anilines is 2. The van der Waals surface area contributed by atoms with E-state index in [-0.39, 0.29) is 6.71 Å². The molecule has 0 atom stereocenters. The predicted octanol–water partition coefficient (Wildman–Crippen LogP) is 5.18. The Hall–Kier alpha value is -3.78. The van der Waals surface area contributed by atoms with E-state index in [4.69, 9.17) is 0 Å². The summed E-state index contributed by atoms with van der Waals surface area (Å²) < 4.78 is 0. The summed E-state index contributed by atoms with van der Waals surface area (Å²) in [6.45, 7) is 0.227. The third-order valence-electron chi connectivity index (χ3n) is 7.04. The zero-order valence-corrected chi connectivity index (χ0v) is 17.3. The molecule has 0 spiro atoms. The summed E-state index contributed by atoms with van der Waals surface area (Å²) in [5.41, 5.74) is 6.73. The fraction of sp³-hybridized carbons (Fsp3) is 0.0345. The van der Waals surface area contributed by atoms with Gasteiger partial charge >= 0.3 is 0 Å². The number of hydrogen-bond acceptors (Lipinski definition) is 1. The van der Waals surface area contributed by atoms with Crippen LogP contribution in [0.1, 0.15) is 0 Å². The van der Waals surface area contributed by atoms with E-state index >= 15 is 0 Å². The van der Waals surface area contributed by atoms with Gasteiger partial charge in [0.2, 0.25) is 6.71 Å². The van der Waals surface area contributed by atoms with Crippen LogP contribution in [0, 0.1) is 0 Å². The average molecular weight is 393 g/mol. The van der Waals surface area contributed by atoms with Gasteiger partial charge in [0, 0.05) is 23.8 Å². The van der Waals surface area contributed by atoms with Gasteiger partial charge in [-0.25, -0.2) is 0 Å². The first-order chi connectivity index (χ1) is 15.3. The lowest BCUT2D eigenvalue weighted by molar-refractivity contribution is 1.23. The molecule has 1 heterocycles. The molecule has 0 aromatic heterocycles. The molecule has 2 heteroatoms. The van der Waals surface area contributed by atoms with Crippen LogP contribution in [0.15, 0.2) is 103 Å². The number of rotatable bonds is 1. The van der Waals surface area contributed by atoms with Crippen molar-refractivity contribution in [3.8, 4) is 0 Å². The molecule has 0 saturated heterocycles. The van der Waals surface area contributed by atoms with E-state index < -0.39 is 0 Å². The summed E-state index contributed by atoms with van der Waals surface area (Å²) in [6, 6.07) is 38.0. The highest BCUT2D eigenvalue weighted by atomic mass is 15.1. The molecule has 0 N–H and O–H groups in total. The molecule has 1 aliphatic rings. The first kappa shape index (κ1) is 17.0. The Labute approximate surface area is 182 Å². The van der Waals surface area contributed by atoms with E-state index in [0.717, 1.165) is 0 Å². The molecule has 0 amide bonds. The highest BCUT2D eigenvalue weighted by Gasteiger charge is 2.34. The van der Waals surface area contributed by atoms with Crippen molar-refractivity contribution >= 4 is 66.8 Å². The predicted molar refractivity (Wildman–Crippen MR) is 136 cm³/mol. The lowest BCUT2D eigenvalue weighted by Crippen LogP contribution is -2.57. The Morgan fingerprint density at radius 1 is 0.581 bits per heavy atom. The molecule has 0 fully saturated rings. The molecular formula is C29H20BN. The lowest BCUT2D eigenvalue weighted by atomic mass is 9.35. The zero-order chi connectivity index (χ0) is 20.5. The number of fused-ring (bicyclic) bond motifs is 3. The standard InChI is InChI=1S/C29H20BN/c1-31-26-13-6-5-12-24(26)30(22-10-3-2-4-11-22)25-18-21-15-14-19-8-7-9-20-16-17-23(29(25)31)28(21)27(19)20/h2-18H,1H3. The summed E-state index contributed by atoms with van der Waals surface area (Å²) in [5, 5.41) is 8.06. The van der Waals surface area contributed by atoms with Crippen LogP contribution in [0.2, 0.25) is 0 Å². The highest BCUT2D eigenvalue weighted by Crippen LogP contribution is 2.40. The van der Waals surface area contributed by atoms with Crippen LogP contribution in [-0.4, -0.2) is 13.8 Å². The molecule has 1 aliphatic heterocycles. The molecule has 0 unspecified atom stereocenters. The third kappa shape index (κ3) is 2.22. The molecule has 31 heavy (non-hydrogen) atoms. The molecule has 144 valence electrons. The molecule has 1 nitrogen and oxygen atoms in total. The minimum atomic E-state index is 0.227. The van der Waals surface area contributed by atoms with Gasteiger partial charge in [0.15, 0.2) is 0 Å². The van der Waals surface area contributed by atoms with Crippen molar-refractivity contribution in [2.24, 2.45) is 0 Å². The molecule has 6 aromatic rings. The molecule has 0 radical (unpaired) electrons. The quantitative estimate of drug-likeness (QED) is 0.275. The van der Waals surface area contributed by atoms with Crippen molar-refractivity contribution < 1.29 is 0 Å². The second-order valence-corrected chi connectivity index (χ2v) is 8.63. The maximum absolute atomic E-state index is 2.44. The van der Waals surface area contributed by atoms with Crippen LogP contribution >= 0.6 is 0 Å². The van der Waals surface area contributed by atoms with Gasteiger partial charge < -0.3 is 4.90 Å². The maximum Gasteiger partial charge on any atom is 0.246 e. The second kappa shape index (κ2) is 6.12. The van der Waals surface area contributed by atoms with Gasteiger partial charge in [0.1, 0.15) is 0 Å². The van der Waals surface area contributed by atoms with E-state index in [0.29, 0.717) is 0 Å². The number of benzene rings is 6. The molecule has 0 saturated carbocycles. The number of hydrogen-bond donors (Lipinski definition) is 0. The number of nitrogens with zero attached hydrogens (tertiary/aromatic N) is 1. The van der Waals surface area contributed by atoms with Crippen LogP contribution in [0.4, 0.5) is 11.4 Å². The fourth-order valence-electron chi connectivity index (χ4n) is 5.74. The Morgan fingerprint density at radius 3 is 2.13 bits per heavy atom. The second-order valence-electron chi connectivity index (χ2n) is 8.63. The van der Waals surface area contributed by atoms with Crippen molar-refractivity contribution in [1.29, 1.82) is 0 Å². The zero-order valence-electron chi connectivity index (χ0n) is 17.3. The van der Waals surface area contributed by atoms with E-state index in [1.54, 1.807) is 0 Å². The Kier molecular flexibility index (Phi) is 3.35. The minimum absolute atomic E-state index is 0.227. The van der Waals surface area contributed by atoms with Crippen LogP contribution in [0.5, 0.6) is 0 Å². The topological polar surface area (TPSA) is 3.24 Å². The van der Waals surface area contributed by atoms with Crippen LogP contribution in [0.25, 0.3) is 32.3 Å².